The van der Waals surface area contributed by atoms with Gasteiger partial charge in [0.15, 0.2) is 11.5 Å². The summed E-state index contributed by atoms with van der Waals surface area (Å²) in [5, 5.41) is 2.84. The van der Waals surface area contributed by atoms with E-state index in [1.165, 1.54) is 0 Å². The molecule has 7 nitrogen and oxygen atoms in total. The molecular formula is C20H21N3O4. The number of imidazole rings is 1. The van der Waals surface area contributed by atoms with Crippen molar-refractivity contribution in [3.8, 4) is 11.5 Å². The number of anilines is 1. The molecule has 140 valence electrons. The molecule has 0 fully saturated rings. The number of amides is 1. The molecule has 1 N–H and O–H groups in total. The summed E-state index contributed by atoms with van der Waals surface area (Å²) in [4.78, 5) is 25.1. The van der Waals surface area contributed by atoms with Crippen molar-refractivity contribution in [1.82, 2.24) is 9.13 Å². The number of para-hydroxylation sites is 2. The molecule has 1 aliphatic heterocycles. The Morgan fingerprint density at radius 3 is 2.48 bits per heavy atom. The average Bonchev–Trinajstić information content (AvgIpc) is 3.23. The highest BCUT2D eigenvalue weighted by Crippen LogP contribution is 2.34. The lowest BCUT2D eigenvalue weighted by Crippen LogP contribution is -2.26. The van der Waals surface area contributed by atoms with E-state index in [0.29, 0.717) is 30.3 Å². The fourth-order valence-corrected chi connectivity index (χ4v) is 3.34. The lowest BCUT2D eigenvalue weighted by Gasteiger charge is -2.07. The van der Waals surface area contributed by atoms with Gasteiger partial charge < -0.3 is 14.8 Å². The highest BCUT2D eigenvalue weighted by molar-refractivity contribution is 5.91. The SMILES string of the molecule is CCCn1c(=O)n(CCC(=O)Nc2ccc3c(c2)OCO3)c2ccccc21. The van der Waals surface area contributed by atoms with Crippen LogP contribution in [-0.4, -0.2) is 21.8 Å². The first-order chi connectivity index (χ1) is 13.2. The summed E-state index contributed by atoms with van der Waals surface area (Å²) in [6.45, 7) is 3.22. The summed E-state index contributed by atoms with van der Waals surface area (Å²) in [6.07, 6.45) is 1.08. The second-order valence-corrected chi connectivity index (χ2v) is 6.44. The van der Waals surface area contributed by atoms with Gasteiger partial charge >= 0.3 is 5.69 Å². The Bertz CT molecular complexity index is 1050. The number of hydrogen-bond acceptors (Lipinski definition) is 4. The lowest BCUT2D eigenvalue weighted by atomic mass is 10.2. The molecule has 0 bridgehead atoms. The number of fused-ring (bicyclic) bond motifs is 2. The third kappa shape index (κ3) is 3.28. The molecule has 0 saturated carbocycles. The minimum absolute atomic E-state index is 0.0751. The molecule has 1 amide bonds. The maximum atomic E-state index is 12.7. The van der Waals surface area contributed by atoms with Crippen LogP contribution in [0.1, 0.15) is 19.8 Å². The topological polar surface area (TPSA) is 74.5 Å². The Morgan fingerprint density at radius 2 is 1.74 bits per heavy atom. The van der Waals surface area contributed by atoms with Gasteiger partial charge in [0.2, 0.25) is 12.7 Å². The molecule has 3 aromatic rings. The molecule has 1 aromatic heterocycles. The molecule has 0 spiro atoms. The van der Waals surface area contributed by atoms with E-state index in [2.05, 4.69) is 5.32 Å². The molecule has 0 aliphatic carbocycles. The van der Waals surface area contributed by atoms with Crippen LogP contribution >= 0.6 is 0 Å². The first-order valence-electron chi connectivity index (χ1n) is 9.05. The molecule has 0 radical (unpaired) electrons. The normalized spacial score (nSPS) is 12.5. The summed E-state index contributed by atoms with van der Waals surface area (Å²) in [6, 6.07) is 12.9. The molecule has 2 heterocycles. The van der Waals surface area contributed by atoms with Gasteiger partial charge in [0.25, 0.3) is 0 Å². The zero-order valence-electron chi connectivity index (χ0n) is 15.1. The van der Waals surface area contributed by atoms with E-state index in [1.54, 1.807) is 27.3 Å². The van der Waals surface area contributed by atoms with Crippen LogP contribution in [0, 0.1) is 0 Å². The van der Waals surface area contributed by atoms with Gasteiger partial charge in [-0.1, -0.05) is 19.1 Å². The Hall–Kier alpha value is -3.22. The number of hydrogen-bond donors (Lipinski definition) is 1. The van der Waals surface area contributed by atoms with Gasteiger partial charge in [0.05, 0.1) is 11.0 Å². The van der Waals surface area contributed by atoms with Crippen molar-refractivity contribution in [2.75, 3.05) is 12.1 Å². The van der Waals surface area contributed by atoms with Gasteiger partial charge in [0.1, 0.15) is 0 Å². The molecule has 4 rings (SSSR count). The van der Waals surface area contributed by atoms with Gasteiger partial charge in [-0.3, -0.25) is 13.9 Å². The highest BCUT2D eigenvalue weighted by atomic mass is 16.7. The van der Waals surface area contributed by atoms with Crippen molar-refractivity contribution in [1.29, 1.82) is 0 Å². The number of rotatable bonds is 6. The van der Waals surface area contributed by atoms with Crippen LogP contribution in [-0.2, 0) is 17.9 Å². The maximum absolute atomic E-state index is 12.7. The molecule has 0 unspecified atom stereocenters. The van der Waals surface area contributed by atoms with E-state index in [0.717, 1.165) is 17.5 Å². The lowest BCUT2D eigenvalue weighted by molar-refractivity contribution is -0.116. The Morgan fingerprint density at radius 1 is 1.04 bits per heavy atom. The Labute approximate surface area is 156 Å². The van der Waals surface area contributed by atoms with Gasteiger partial charge in [-0.2, -0.15) is 0 Å². The van der Waals surface area contributed by atoms with Crippen LogP contribution in [0.15, 0.2) is 47.3 Å². The number of aryl methyl sites for hydroxylation is 2. The zero-order valence-corrected chi connectivity index (χ0v) is 15.1. The van der Waals surface area contributed by atoms with Crippen LogP contribution in [0.2, 0.25) is 0 Å². The van der Waals surface area contributed by atoms with Crippen molar-refractivity contribution in [3.63, 3.8) is 0 Å². The summed E-state index contributed by atoms with van der Waals surface area (Å²) in [7, 11) is 0. The first kappa shape index (κ1) is 17.2. The summed E-state index contributed by atoms with van der Waals surface area (Å²) in [5.74, 6) is 1.13. The predicted molar refractivity (Wildman–Crippen MR) is 102 cm³/mol. The number of ether oxygens (including phenoxy) is 2. The van der Waals surface area contributed by atoms with Crippen LogP contribution < -0.4 is 20.5 Å². The number of aromatic nitrogens is 2. The van der Waals surface area contributed by atoms with Crippen molar-refractivity contribution < 1.29 is 14.3 Å². The third-order valence-electron chi connectivity index (χ3n) is 4.59. The number of nitrogens with zero attached hydrogens (tertiary/aromatic N) is 2. The van der Waals surface area contributed by atoms with E-state index < -0.39 is 0 Å². The van der Waals surface area contributed by atoms with Gasteiger partial charge in [-0.15, -0.1) is 0 Å². The molecular weight excluding hydrogens is 346 g/mol. The largest absolute Gasteiger partial charge is 0.454 e. The molecule has 0 atom stereocenters. The summed E-state index contributed by atoms with van der Waals surface area (Å²) < 4.78 is 14.0. The van der Waals surface area contributed by atoms with Crippen molar-refractivity contribution in [2.45, 2.75) is 32.9 Å². The van der Waals surface area contributed by atoms with Gasteiger partial charge in [-0.05, 0) is 30.7 Å². The minimum Gasteiger partial charge on any atom is -0.454 e. The Balaban J connectivity index is 1.49. The zero-order chi connectivity index (χ0) is 18.8. The average molecular weight is 367 g/mol. The smallest absolute Gasteiger partial charge is 0.329 e. The van der Waals surface area contributed by atoms with Crippen LogP contribution in [0.3, 0.4) is 0 Å². The maximum Gasteiger partial charge on any atom is 0.329 e. The van der Waals surface area contributed by atoms with Crippen LogP contribution in [0.4, 0.5) is 5.69 Å². The minimum atomic E-state index is -0.159. The monoisotopic (exact) mass is 367 g/mol. The van der Waals surface area contributed by atoms with Crippen molar-refractivity contribution in [2.24, 2.45) is 0 Å². The Kier molecular flexibility index (Phi) is 4.58. The number of carbonyl (C=O) groups excluding carboxylic acids is 1. The van der Waals surface area contributed by atoms with Gasteiger partial charge in [-0.25, -0.2) is 4.79 Å². The fourth-order valence-electron chi connectivity index (χ4n) is 3.34. The van der Waals surface area contributed by atoms with Crippen LogP contribution in [0.5, 0.6) is 11.5 Å². The third-order valence-corrected chi connectivity index (χ3v) is 4.59. The quantitative estimate of drug-likeness (QED) is 0.727. The second kappa shape index (κ2) is 7.19. The van der Waals surface area contributed by atoms with Crippen LogP contribution in [0.25, 0.3) is 11.0 Å². The second-order valence-electron chi connectivity index (χ2n) is 6.44. The van der Waals surface area contributed by atoms with E-state index in [1.807, 2.05) is 31.2 Å². The van der Waals surface area contributed by atoms with E-state index in [-0.39, 0.29) is 24.8 Å². The molecule has 0 saturated heterocycles. The molecule has 7 heteroatoms. The van der Waals surface area contributed by atoms with Gasteiger partial charge in [0, 0.05) is 31.3 Å². The fraction of sp³-hybridized carbons (Fsp3) is 0.300. The van der Waals surface area contributed by atoms with Crippen molar-refractivity contribution in [3.05, 3.63) is 52.9 Å². The van der Waals surface area contributed by atoms with E-state index in [4.69, 9.17) is 9.47 Å². The van der Waals surface area contributed by atoms with E-state index >= 15 is 0 Å². The number of nitrogens with one attached hydrogen (secondary N) is 1. The predicted octanol–water partition coefficient (Wildman–Crippen LogP) is 2.97. The number of carbonyl (C=O) groups is 1. The highest BCUT2D eigenvalue weighted by Gasteiger charge is 2.16. The molecule has 2 aromatic carbocycles. The number of benzene rings is 2. The van der Waals surface area contributed by atoms with E-state index in [9.17, 15) is 9.59 Å². The van der Waals surface area contributed by atoms with Crippen molar-refractivity contribution >= 4 is 22.6 Å². The summed E-state index contributed by atoms with van der Waals surface area (Å²) in [5.41, 5.74) is 2.33. The molecule has 27 heavy (non-hydrogen) atoms. The first-order valence-corrected chi connectivity index (χ1v) is 9.05. The standard InChI is InChI=1S/C20H21N3O4/c1-2-10-22-15-5-3-4-6-16(15)23(20(22)25)11-9-19(24)21-14-7-8-17-18(12-14)27-13-26-17/h3-8,12H,2,9-11,13H2,1H3,(H,21,24). The molecule has 1 aliphatic rings. The summed E-state index contributed by atoms with van der Waals surface area (Å²) >= 11 is 0.